The maximum Gasteiger partial charge on any atom is 0.119 e. The predicted octanol–water partition coefficient (Wildman–Crippen LogP) is 2.56. The lowest BCUT2D eigenvalue weighted by molar-refractivity contribution is 0.242. The molecular weight excluding hydrogens is 236 g/mol. The fraction of sp³-hybridized carbons (Fsp3) is 0.625. The van der Waals surface area contributed by atoms with Crippen molar-refractivity contribution in [2.24, 2.45) is 5.92 Å². The highest BCUT2D eigenvalue weighted by Gasteiger charge is 2.13. The van der Waals surface area contributed by atoms with E-state index in [4.69, 9.17) is 4.74 Å². The lowest BCUT2D eigenvalue weighted by atomic mass is 10.1. The number of hydrogen-bond donors (Lipinski definition) is 2. The SMILES string of the molecule is CC(C)Oc1ccc(CNCCC2CCNC2)cc1. The summed E-state index contributed by atoms with van der Waals surface area (Å²) >= 11 is 0. The Kier molecular flexibility index (Phi) is 5.67. The fourth-order valence-corrected chi connectivity index (χ4v) is 2.46. The number of benzene rings is 1. The highest BCUT2D eigenvalue weighted by atomic mass is 16.5. The van der Waals surface area contributed by atoms with Gasteiger partial charge in [0.15, 0.2) is 0 Å². The van der Waals surface area contributed by atoms with Gasteiger partial charge in [0.1, 0.15) is 5.75 Å². The van der Waals surface area contributed by atoms with Gasteiger partial charge < -0.3 is 15.4 Å². The molecule has 0 radical (unpaired) electrons. The van der Waals surface area contributed by atoms with Crippen molar-refractivity contribution < 1.29 is 4.74 Å². The molecule has 2 rings (SSSR count). The van der Waals surface area contributed by atoms with Gasteiger partial charge in [0.05, 0.1) is 6.10 Å². The van der Waals surface area contributed by atoms with Crippen LogP contribution in [0.5, 0.6) is 5.75 Å². The van der Waals surface area contributed by atoms with Gasteiger partial charge in [-0.1, -0.05) is 12.1 Å². The second kappa shape index (κ2) is 7.51. The molecule has 2 N–H and O–H groups in total. The van der Waals surface area contributed by atoms with Crippen LogP contribution in [-0.4, -0.2) is 25.7 Å². The Hall–Kier alpha value is -1.06. The second-order valence-corrected chi connectivity index (χ2v) is 5.63. The number of ether oxygens (including phenoxy) is 1. The lowest BCUT2D eigenvalue weighted by Crippen LogP contribution is -2.19. The first-order chi connectivity index (χ1) is 9.24. The summed E-state index contributed by atoms with van der Waals surface area (Å²) in [5.41, 5.74) is 1.32. The Morgan fingerprint density at radius 3 is 2.74 bits per heavy atom. The minimum Gasteiger partial charge on any atom is -0.491 e. The van der Waals surface area contributed by atoms with Gasteiger partial charge in [0, 0.05) is 6.54 Å². The van der Waals surface area contributed by atoms with Crippen LogP contribution in [0.4, 0.5) is 0 Å². The molecule has 1 aromatic carbocycles. The van der Waals surface area contributed by atoms with E-state index in [2.05, 4.69) is 34.9 Å². The van der Waals surface area contributed by atoms with Crippen molar-refractivity contribution in [3.63, 3.8) is 0 Å². The smallest absolute Gasteiger partial charge is 0.119 e. The third kappa shape index (κ3) is 5.21. The first-order valence-corrected chi connectivity index (χ1v) is 7.41. The molecule has 1 aliphatic rings. The van der Waals surface area contributed by atoms with E-state index in [1.54, 1.807) is 0 Å². The van der Waals surface area contributed by atoms with Crippen molar-refractivity contribution >= 4 is 0 Å². The minimum atomic E-state index is 0.240. The minimum absolute atomic E-state index is 0.240. The molecule has 1 aromatic rings. The average molecular weight is 262 g/mol. The van der Waals surface area contributed by atoms with Crippen molar-refractivity contribution in [2.75, 3.05) is 19.6 Å². The molecule has 1 fully saturated rings. The van der Waals surface area contributed by atoms with Crippen LogP contribution in [0.3, 0.4) is 0 Å². The van der Waals surface area contributed by atoms with E-state index in [-0.39, 0.29) is 6.10 Å². The number of nitrogens with one attached hydrogen (secondary N) is 2. The third-order valence-electron chi connectivity index (χ3n) is 3.52. The number of hydrogen-bond acceptors (Lipinski definition) is 3. The zero-order valence-corrected chi connectivity index (χ0v) is 12.1. The normalized spacial score (nSPS) is 19.0. The topological polar surface area (TPSA) is 33.3 Å². The van der Waals surface area contributed by atoms with Crippen molar-refractivity contribution in [3.8, 4) is 5.75 Å². The van der Waals surface area contributed by atoms with Crippen molar-refractivity contribution in [3.05, 3.63) is 29.8 Å². The molecule has 0 amide bonds. The van der Waals surface area contributed by atoms with Gasteiger partial charge in [-0.2, -0.15) is 0 Å². The maximum absolute atomic E-state index is 5.63. The maximum atomic E-state index is 5.63. The molecular formula is C16H26N2O. The summed E-state index contributed by atoms with van der Waals surface area (Å²) < 4.78 is 5.63. The summed E-state index contributed by atoms with van der Waals surface area (Å²) in [5, 5.41) is 6.93. The Bertz CT molecular complexity index is 356. The zero-order valence-electron chi connectivity index (χ0n) is 12.1. The van der Waals surface area contributed by atoms with Gasteiger partial charge in [0.25, 0.3) is 0 Å². The molecule has 1 saturated heterocycles. The van der Waals surface area contributed by atoms with E-state index in [9.17, 15) is 0 Å². The second-order valence-electron chi connectivity index (χ2n) is 5.63. The standard InChI is InChI=1S/C16H26N2O/c1-13(2)19-16-5-3-14(4-6-16)11-17-9-7-15-8-10-18-12-15/h3-6,13,15,17-18H,7-12H2,1-2H3. The van der Waals surface area contributed by atoms with Gasteiger partial charge in [-0.3, -0.25) is 0 Å². The summed E-state index contributed by atoms with van der Waals surface area (Å²) in [6.45, 7) is 8.55. The third-order valence-corrected chi connectivity index (χ3v) is 3.52. The molecule has 1 unspecified atom stereocenters. The van der Waals surface area contributed by atoms with Crippen LogP contribution in [0.15, 0.2) is 24.3 Å². The van der Waals surface area contributed by atoms with Crippen LogP contribution in [0.25, 0.3) is 0 Å². The largest absolute Gasteiger partial charge is 0.491 e. The molecule has 0 aliphatic carbocycles. The Morgan fingerprint density at radius 2 is 2.11 bits per heavy atom. The molecule has 3 heteroatoms. The molecule has 0 spiro atoms. The van der Waals surface area contributed by atoms with Crippen LogP contribution in [0.1, 0.15) is 32.3 Å². The fourth-order valence-electron chi connectivity index (χ4n) is 2.46. The van der Waals surface area contributed by atoms with E-state index < -0.39 is 0 Å². The van der Waals surface area contributed by atoms with Crippen LogP contribution >= 0.6 is 0 Å². The first kappa shape index (κ1) is 14.4. The molecule has 0 saturated carbocycles. The predicted molar refractivity (Wildman–Crippen MR) is 79.5 cm³/mol. The Labute approximate surface area is 116 Å². The summed E-state index contributed by atoms with van der Waals surface area (Å²) in [6.07, 6.45) is 2.86. The van der Waals surface area contributed by atoms with E-state index in [1.165, 1.54) is 31.5 Å². The molecule has 3 nitrogen and oxygen atoms in total. The molecule has 1 heterocycles. The van der Waals surface area contributed by atoms with E-state index in [0.717, 1.165) is 24.8 Å². The van der Waals surface area contributed by atoms with E-state index in [1.807, 2.05) is 13.8 Å². The number of rotatable bonds is 7. The van der Waals surface area contributed by atoms with Crippen molar-refractivity contribution in [1.29, 1.82) is 0 Å². The van der Waals surface area contributed by atoms with Gasteiger partial charge in [-0.25, -0.2) is 0 Å². The highest BCUT2D eigenvalue weighted by Crippen LogP contribution is 2.14. The van der Waals surface area contributed by atoms with Gasteiger partial charge in [-0.15, -0.1) is 0 Å². The van der Waals surface area contributed by atoms with Crippen molar-refractivity contribution in [1.82, 2.24) is 10.6 Å². The van der Waals surface area contributed by atoms with E-state index >= 15 is 0 Å². The van der Waals surface area contributed by atoms with Crippen LogP contribution in [0, 0.1) is 5.92 Å². The summed E-state index contributed by atoms with van der Waals surface area (Å²) in [4.78, 5) is 0. The Morgan fingerprint density at radius 1 is 1.32 bits per heavy atom. The summed E-state index contributed by atoms with van der Waals surface area (Å²) in [7, 11) is 0. The molecule has 106 valence electrons. The summed E-state index contributed by atoms with van der Waals surface area (Å²) in [6, 6.07) is 8.39. The molecule has 1 aliphatic heterocycles. The molecule has 19 heavy (non-hydrogen) atoms. The first-order valence-electron chi connectivity index (χ1n) is 7.41. The monoisotopic (exact) mass is 262 g/mol. The van der Waals surface area contributed by atoms with Crippen LogP contribution < -0.4 is 15.4 Å². The molecule has 1 atom stereocenters. The van der Waals surface area contributed by atoms with Gasteiger partial charge in [0.2, 0.25) is 0 Å². The van der Waals surface area contributed by atoms with Gasteiger partial charge >= 0.3 is 0 Å². The van der Waals surface area contributed by atoms with Crippen LogP contribution in [-0.2, 0) is 6.54 Å². The van der Waals surface area contributed by atoms with Crippen LogP contribution in [0.2, 0.25) is 0 Å². The summed E-state index contributed by atoms with van der Waals surface area (Å²) in [5.74, 6) is 1.82. The Balaban J connectivity index is 1.65. The lowest BCUT2D eigenvalue weighted by Gasteiger charge is -2.11. The average Bonchev–Trinajstić information content (AvgIpc) is 2.89. The zero-order chi connectivity index (χ0) is 13.5. The van der Waals surface area contributed by atoms with Gasteiger partial charge in [-0.05, 0) is 69.9 Å². The van der Waals surface area contributed by atoms with Crippen molar-refractivity contribution in [2.45, 2.75) is 39.3 Å². The molecule has 0 bridgehead atoms. The molecule has 0 aromatic heterocycles. The highest BCUT2D eigenvalue weighted by molar-refractivity contribution is 5.27. The van der Waals surface area contributed by atoms with E-state index in [0.29, 0.717) is 0 Å². The quantitative estimate of drug-likeness (QED) is 0.741.